The summed E-state index contributed by atoms with van der Waals surface area (Å²) in [6.07, 6.45) is 1.29. The maximum Gasteiger partial charge on any atom is 0.262 e. The molecule has 23 heavy (non-hydrogen) atoms. The summed E-state index contributed by atoms with van der Waals surface area (Å²) in [5.41, 5.74) is 0.935. The Hall–Kier alpha value is -3.33. The number of carbonyl (C=O) groups excluding carboxylic acids is 1. The minimum atomic E-state index is -0.593. The van der Waals surface area contributed by atoms with Crippen molar-refractivity contribution < 1.29 is 19.4 Å². The van der Waals surface area contributed by atoms with E-state index in [2.05, 4.69) is 5.32 Å². The van der Waals surface area contributed by atoms with Crippen LogP contribution in [0.25, 0.3) is 6.08 Å². The van der Waals surface area contributed by atoms with Gasteiger partial charge in [0.25, 0.3) is 5.91 Å². The number of nitrogens with zero attached hydrogens (tertiary/aromatic N) is 1. The molecule has 0 aliphatic carbocycles. The van der Waals surface area contributed by atoms with Crippen LogP contribution >= 0.6 is 0 Å². The van der Waals surface area contributed by atoms with Crippen LogP contribution in [0, 0.1) is 17.1 Å². The van der Waals surface area contributed by atoms with Gasteiger partial charge in [0.2, 0.25) is 0 Å². The normalized spacial score (nSPS) is 10.9. The Bertz CT molecular complexity index is 792. The van der Waals surface area contributed by atoms with Crippen LogP contribution in [0.4, 0.5) is 4.39 Å². The molecule has 6 heteroatoms. The van der Waals surface area contributed by atoms with Crippen molar-refractivity contribution in [1.29, 1.82) is 5.26 Å². The summed E-state index contributed by atoms with van der Waals surface area (Å²) in [5, 5.41) is 30.3. The lowest BCUT2D eigenvalue weighted by Crippen LogP contribution is -2.23. The van der Waals surface area contributed by atoms with Gasteiger partial charge in [0, 0.05) is 6.54 Å². The molecule has 0 aliphatic heterocycles. The van der Waals surface area contributed by atoms with Gasteiger partial charge in [-0.05, 0) is 41.5 Å². The standard InChI is InChI=1S/C17H13FN2O3/c18-14-4-1-11(2-5-14)10-20-17(23)13(9-19)7-12-3-6-15(21)16(22)8-12/h1-8,21-22H,10H2,(H,20,23)/b13-7+. The zero-order chi connectivity index (χ0) is 16.8. The maximum atomic E-state index is 12.8. The highest BCUT2D eigenvalue weighted by atomic mass is 19.1. The van der Waals surface area contributed by atoms with E-state index in [4.69, 9.17) is 5.26 Å². The van der Waals surface area contributed by atoms with E-state index < -0.39 is 5.91 Å². The van der Waals surface area contributed by atoms with Crippen LogP contribution in [-0.4, -0.2) is 16.1 Å². The van der Waals surface area contributed by atoms with Crippen LogP contribution in [0.3, 0.4) is 0 Å². The second-order valence-corrected chi connectivity index (χ2v) is 4.73. The minimum Gasteiger partial charge on any atom is -0.504 e. The van der Waals surface area contributed by atoms with E-state index in [0.29, 0.717) is 11.1 Å². The van der Waals surface area contributed by atoms with E-state index in [0.717, 1.165) is 0 Å². The molecule has 0 spiro atoms. The Morgan fingerprint density at radius 2 is 1.87 bits per heavy atom. The van der Waals surface area contributed by atoms with Gasteiger partial charge in [0.15, 0.2) is 11.5 Å². The van der Waals surface area contributed by atoms with E-state index in [9.17, 15) is 19.4 Å². The summed E-state index contributed by atoms with van der Waals surface area (Å²) in [6, 6.07) is 11.3. The van der Waals surface area contributed by atoms with E-state index in [1.54, 1.807) is 6.07 Å². The molecule has 0 aliphatic rings. The molecule has 116 valence electrons. The van der Waals surface area contributed by atoms with Gasteiger partial charge in [-0.25, -0.2) is 4.39 Å². The Kier molecular flexibility index (Phi) is 4.95. The number of hydrogen-bond donors (Lipinski definition) is 3. The lowest BCUT2D eigenvalue weighted by atomic mass is 10.1. The summed E-state index contributed by atoms with van der Waals surface area (Å²) < 4.78 is 12.8. The average molecular weight is 312 g/mol. The summed E-state index contributed by atoms with van der Waals surface area (Å²) >= 11 is 0. The Balaban J connectivity index is 2.08. The Labute approximate surface area is 131 Å². The molecule has 0 radical (unpaired) electrons. The second kappa shape index (κ2) is 7.09. The molecule has 0 aromatic heterocycles. The topological polar surface area (TPSA) is 93.3 Å². The van der Waals surface area contributed by atoms with Crippen LogP contribution in [0.5, 0.6) is 11.5 Å². The van der Waals surface area contributed by atoms with Crippen LogP contribution in [0.1, 0.15) is 11.1 Å². The van der Waals surface area contributed by atoms with E-state index in [1.165, 1.54) is 48.5 Å². The Morgan fingerprint density at radius 3 is 2.48 bits per heavy atom. The molecular weight excluding hydrogens is 299 g/mol. The fraction of sp³-hybridized carbons (Fsp3) is 0.0588. The average Bonchev–Trinajstić information content (AvgIpc) is 2.55. The van der Waals surface area contributed by atoms with Gasteiger partial charge in [-0.2, -0.15) is 5.26 Å². The molecular formula is C17H13FN2O3. The lowest BCUT2D eigenvalue weighted by molar-refractivity contribution is -0.117. The van der Waals surface area contributed by atoms with Crippen molar-refractivity contribution in [3.05, 3.63) is 65.0 Å². The number of aromatic hydroxyl groups is 2. The summed E-state index contributed by atoms with van der Waals surface area (Å²) in [4.78, 5) is 12.0. The zero-order valence-electron chi connectivity index (χ0n) is 12.0. The van der Waals surface area contributed by atoms with Crippen molar-refractivity contribution in [2.75, 3.05) is 0 Å². The number of halogens is 1. The van der Waals surface area contributed by atoms with Crippen LogP contribution in [-0.2, 0) is 11.3 Å². The smallest absolute Gasteiger partial charge is 0.262 e. The highest BCUT2D eigenvalue weighted by Crippen LogP contribution is 2.25. The quantitative estimate of drug-likeness (QED) is 0.459. The van der Waals surface area contributed by atoms with Gasteiger partial charge in [-0.15, -0.1) is 0 Å². The molecule has 0 fully saturated rings. The van der Waals surface area contributed by atoms with E-state index >= 15 is 0 Å². The fourth-order valence-corrected chi connectivity index (χ4v) is 1.83. The van der Waals surface area contributed by atoms with Gasteiger partial charge in [-0.1, -0.05) is 18.2 Å². The summed E-state index contributed by atoms with van der Waals surface area (Å²) in [6.45, 7) is 0.152. The van der Waals surface area contributed by atoms with Crippen molar-refractivity contribution in [3.8, 4) is 17.6 Å². The largest absolute Gasteiger partial charge is 0.504 e. The molecule has 2 rings (SSSR count). The van der Waals surface area contributed by atoms with Crippen molar-refractivity contribution in [1.82, 2.24) is 5.32 Å². The third-order valence-electron chi connectivity index (χ3n) is 3.04. The number of rotatable bonds is 4. The molecule has 0 bridgehead atoms. The SMILES string of the molecule is N#C/C(=C\c1ccc(O)c(O)c1)C(=O)NCc1ccc(F)cc1. The predicted molar refractivity (Wildman–Crippen MR) is 81.6 cm³/mol. The first-order valence-electron chi connectivity index (χ1n) is 6.66. The van der Waals surface area contributed by atoms with Crippen LogP contribution in [0.15, 0.2) is 48.0 Å². The molecule has 0 saturated carbocycles. The van der Waals surface area contributed by atoms with Gasteiger partial charge in [-0.3, -0.25) is 4.79 Å². The second-order valence-electron chi connectivity index (χ2n) is 4.73. The molecule has 5 nitrogen and oxygen atoms in total. The number of hydrogen-bond acceptors (Lipinski definition) is 4. The number of carbonyl (C=O) groups is 1. The molecule has 2 aromatic carbocycles. The first-order chi connectivity index (χ1) is 11.0. The number of benzene rings is 2. The van der Waals surface area contributed by atoms with Crippen LogP contribution in [0.2, 0.25) is 0 Å². The first kappa shape index (κ1) is 16.0. The first-order valence-corrected chi connectivity index (χ1v) is 6.66. The third kappa shape index (κ3) is 4.32. The fourth-order valence-electron chi connectivity index (χ4n) is 1.83. The van der Waals surface area contributed by atoms with Gasteiger partial charge in [0.05, 0.1) is 0 Å². The molecule has 2 aromatic rings. The molecule has 0 atom stereocenters. The van der Waals surface area contributed by atoms with Gasteiger partial charge >= 0.3 is 0 Å². The van der Waals surface area contributed by atoms with Crippen LogP contribution < -0.4 is 5.32 Å². The number of nitriles is 1. The Morgan fingerprint density at radius 1 is 1.17 bits per heavy atom. The van der Waals surface area contributed by atoms with Gasteiger partial charge < -0.3 is 15.5 Å². The number of phenolic OH excluding ortho intramolecular Hbond substituents is 2. The highest BCUT2D eigenvalue weighted by Gasteiger charge is 2.09. The predicted octanol–water partition coefficient (Wildman–Crippen LogP) is 2.46. The number of phenols is 2. The monoisotopic (exact) mass is 312 g/mol. The summed E-state index contributed by atoms with van der Waals surface area (Å²) in [5.74, 6) is -1.60. The number of nitrogens with one attached hydrogen (secondary N) is 1. The van der Waals surface area contributed by atoms with E-state index in [-0.39, 0.29) is 29.4 Å². The van der Waals surface area contributed by atoms with E-state index in [1.807, 2.05) is 0 Å². The lowest BCUT2D eigenvalue weighted by Gasteiger charge is -2.05. The molecule has 0 saturated heterocycles. The number of amides is 1. The zero-order valence-corrected chi connectivity index (χ0v) is 12.0. The molecule has 0 unspecified atom stereocenters. The van der Waals surface area contributed by atoms with Gasteiger partial charge in [0.1, 0.15) is 17.5 Å². The molecule has 1 amide bonds. The highest BCUT2D eigenvalue weighted by molar-refractivity contribution is 6.01. The van der Waals surface area contributed by atoms with Crippen molar-refractivity contribution >= 4 is 12.0 Å². The van der Waals surface area contributed by atoms with Crippen molar-refractivity contribution in [2.24, 2.45) is 0 Å². The van der Waals surface area contributed by atoms with Crippen molar-refractivity contribution in [3.63, 3.8) is 0 Å². The summed E-state index contributed by atoms with van der Waals surface area (Å²) in [7, 11) is 0. The minimum absolute atomic E-state index is 0.152. The van der Waals surface area contributed by atoms with Crippen molar-refractivity contribution in [2.45, 2.75) is 6.54 Å². The molecule has 0 heterocycles. The maximum absolute atomic E-state index is 12.8. The molecule has 3 N–H and O–H groups in total. The third-order valence-corrected chi connectivity index (χ3v) is 3.04.